The molecule has 1 N–H and O–H groups in total. The summed E-state index contributed by atoms with van der Waals surface area (Å²) >= 11 is 5.77. The quantitative estimate of drug-likeness (QED) is 0.463. The summed E-state index contributed by atoms with van der Waals surface area (Å²) in [5.74, 6) is -3.28. The van der Waals surface area contributed by atoms with E-state index in [1.807, 2.05) is 0 Å². The van der Waals surface area contributed by atoms with E-state index in [4.69, 9.17) is 16.3 Å². The van der Waals surface area contributed by atoms with Crippen LogP contribution in [0.15, 0.2) is 24.5 Å². The van der Waals surface area contributed by atoms with Gasteiger partial charge < -0.3 is 14.8 Å². The number of alkyl halides is 3. The van der Waals surface area contributed by atoms with E-state index in [0.29, 0.717) is 0 Å². The van der Waals surface area contributed by atoms with Crippen molar-refractivity contribution in [3.63, 3.8) is 0 Å². The van der Waals surface area contributed by atoms with Crippen LogP contribution in [-0.2, 0) is 9.84 Å². The molecule has 0 bridgehead atoms. The van der Waals surface area contributed by atoms with E-state index in [2.05, 4.69) is 25.1 Å². The summed E-state index contributed by atoms with van der Waals surface area (Å²) in [5, 5.41) is 6.62. The fourth-order valence-corrected chi connectivity index (χ4v) is 5.25. The fraction of sp³-hybridized carbons (Fsp3) is 0.400. The topological polar surface area (TPSA) is 125 Å². The van der Waals surface area contributed by atoms with Crippen molar-refractivity contribution >= 4 is 33.0 Å². The van der Waals surface area contributed by atoms with E-state index >= 15 is 0 Å². The molecule has 36 heavy (non-hydrogen) atoms. The van der Waals surface area contributed by atoms with Crippen LogP contribution in [0.25, 0.3) is 5.65 Å². The Morgan fingerprint density at radius 2 is 1.97 bits per heavy atom. The molecule has 1 aliphatic heterocycles. The molecule has 194 valence electrons. The van der Waals surface area contributed by atoms with Crippen LogP contribution in [0.2, 0.25) is 5.02 Å². The number of pyridine rings is 2. The average molecular weight is 552 g/mol. The van der Waals surface area contributed by atoms with Crippen molar-refractivity contribution in [3.8, 4) is 17.4 Å². The minimum absolute atomic E-state index is 0.0163. The molecule has 0 spiro atoms. The van der Waals surface area contributed by atoms with Crippen LogP contribution < -0.4 is 14.8 Å². The third-order valence-corrected chi connectivity index (χ3v) is 7.16. The summed E-state index contributed by atoms with van der Waals surface area (Å²) in [5.41, 5.74) is -1.12. The molecule has 1 aliphatic rings. The Bertz CT molecular complexity index is 1420. The fourth-order valence-electron chi connectivity index (χ4n) is 3.38. The molecule has 0 aromatic carbocycles. The smallest absolute Gasteiger partial charge is 0.422 e. The molecule has 1 fully saturated rings. The molecule has 4 rings (SSSR count). The number of rotatable bonds is 6. The van der Waals surface area contributed by atoms with Crippen LogP contribution in [-0.4, -0.2) is 63.7 Å². The number of halogens is 5. The molecule has 3 aromatic heterocycles. The first-order chi connectivity index (χ1) is 16.7. The maximum Gasteiger partial charge on any atom is 0.422 e. The normalized spacial score (nSPS) is 17.1. The third-order valence-electron chi connectivity index (χ3n) is 5.30. The minimum Gasteiger partial charge on any atom is -0.478 e. The molecule has 0 atom stereocenters. The second kappa shape index (κ2) is 9.35. The molecule has 1 saturated heterocycles. The van der Waals surface area contributed by atoms with Gasteiger partial charge in [0.05, 0.1) is 22.7 Å². The molecule has 16 heteroatoms. The van der Waals surface area contributed by atoms with Gasteiger partial charge in [0.1, 0.15) is 9.84 Å². The Morgan fingerprint density at radius 1 is 1.28 bits per heavy atom. The Kier molecular flexibility index (Phi) is 6.72. The molecule has 4 heterocycles. The van der Waals surface area contributed by atoms with Crippen molar-refractivity contribution in [2.75, 3.05) is 18.1 Å². The van der Waals surface area contributed by atoms with Crippen LogP contribution >= 0.6 is 11.6 Å². The zero-order valence-corrected chi connectivity index (χ0v) is 20.0. The van der Waals surface area contributed by atoms with E-state index in [-0.39, 0.29) is 46.6 Å². The van der Waals surface area contributed by atoms with Gasteiger partial charge in [0.2, 0.25) is 5.82 Å². The highest BCUT2D eigenvalue weighted by molar-refractivity contribution is 7.91. The van der Waals surface area contributed by atoms with Gasteiger partial charge in [-0.2, -0.15) is 18.2 Å². The van der Waals surface area contributed by atoms with E-state index in [1.54, 1.807) is 6.92 Å². The number of aromatic nitrogens is 4. The van der Waals surface area contributed by atoms with Crippen molar-refractivity contribution in [1.82, 2.24) is 24.9 Å². The SMILES string of the molecule is CC1(NC(=O)c2nc3c(F)cc(Oc4ncc(Cl)cc4OCC(F)(F)F)cn3n2)CCS(=O)(=O)CC1. The lowest BCUT2D eigenvalue weighted by Crippen LogP contribution is -2.51. The van der Waals surface area contributed by atoms with Gasteiger partial charge in [-0.15, -0.1) is 5.10 Å². The van der Waals surface area contributed by atoms with Gasteiger partial charge in [-0.05, 0) is 19.8 Å². The van der Waals surface area contributed by atoms with Gasteiger partial charge in [-0.25, -0.2) is 22.3 Å². The second-order valence-electron chi connectivity index (χ2n) is 8.36. The highest BCUT2D eigenvalue weighted by Crippen LogP contribution is 2.33. The number of carbonyl (C=O) groups excluding carboxylic acids is 1. The molecular formula is C20H18ClF4N5O5S. The summed E-state index contributed by atoms with van der Waals surface area (Å²) in [6.07, 6.45) is -1.99. The summed E-state index contributed by atoms with van der Waals surface area (Å²) in [7, 11) is -3.15. The first-order valence-electron chi connectivity index (χ1n) is 10.3. The first-order valence-corrected chi connectivity index (χ1v) is 12.5. The Balaban J connectivity index is 1.55. The standard InChI is InChI=1S/C20H18ClF4N5O5S/c1-19(2-4-36(32,33)5-3-19)28-17(31)15-27-16-13(22)7-12(9-30(16)29-15)35-18-14(6-11(21)8-26-18)34-10-20(23,24)25/h6-9H,2-5,10H2,1H3,(H,28,31). The first kappa shape index (κ1) is 25.9. The van der Waals surface area contributed by atoms with E-state index in [9.17, 15) is 30.8 Å². The largest absolute Gasteiger partial charge is 0.478 e. The van der Waals surface area contributed by atoms with Crippen molar-refractivity contribution in [3.05, 3.63) is 41.2 Å². The minimum atomic E-state index is -4.63. The van der Waals surface area contributed by atoms with Gasteiger partial charge in [-0.1, -0.05) is 11.6 Å². The van der Waals surface area contributed by atoms with Crippen LogP contribution in [0.5, 0.6) is 17.4 Å². The second-order valence-corrected chi connectivity index (χ2v) is 11.1. The maximum atomic E-state index is 14.7. The monoisotopic (exact) mass is 551 g/mol. The van der Waals surface area contributed by atoms with Gasteiger partial charge in [-0.3, -0.25) is 4.79 Å². The lowest BCUT2D eigenvalue weighted by atomic mass is 9.95. The predicted octanol–water partition coefficient (Wildman–Crippen LogP) is 3.35. The summed E-state index contributed by atoms with van der Waals surface area (Å²) in [6.45, 7) is 0.0602. The predicted molar refractivity (Wildman–Crippen MR) is 118 cm³/mol. The number of sulfone groups is 1. The lowest BCUT2D eigenvalue weighted by Gasteiger charge is -2.33. The van der Waals surface area contributed by atoms with Gasteiger partial charge >= 0.3 is 6.18 Å². The van der Waals surface area contributed by atoms with E-state index < -0.39 is 51.5 Å². The molecule has 0 unspecified atom stereocenters. The van der Waals surface area contributed by atoms with Crippen molar-refractivity contribution in [2.45, 2.75) is 31.5 Å². The molecule has 1 amide bonds. The molecule has 0 saturated carbocycles. The summed E-state index contributed by atoms with van der Waals surface area (Å²) < 4.78 is 86.7. The number of fused-ring (bicyclic) bond motifs is 1. The van der Waals surface area contributed by atoms with E-state index in [0.717, 1.165) is 29.0 Å². The van der Waals surface area contributed by atoms with Crippen molar-refractivity contribution in [1.29, 1.82) is 0 Å². The number of ether oxygens (including phenoxy) is 2. The van der Waals surface area contributed by atoms with Crippen LogP contribution in [0.1, 0.15) is 30.4 Å². The molecule has 10 nitrogen and oxygen atoms in total. The zero-order chi connectivity index (χ0) is 26.3. The number of nitrogens with zero attached hydrogens (tertiary/aromatic N) is 4. The molecule has 0 aliphatic carbocycles. The summed E-state index contributed by atoms with van der Waals surface area (Å²) in [4.78, 5) is 20.3. The molecule has 3 aromatic rings. The third kappa shape index (κ3) is 6.13. The number of carbonyl (C=O) groups is 1. The Hall–Kier alpha value is -3.20. The number of hydrogen-bond acceptors (Lipinski definition) is 8. The lowest BCUT2D eigenvalue weighted by molar-refractivity contribution is -0.153. The number of amides is 1. The molecule has 0 radical (unpaired) electrons. The van der Waals surface area contributed by atoms with Crippen LogP contribution in [0.4, 0.5) is 17.6 Å². The number of nitrogens with one attached hydrogen (secondary N) is 1. The van der Waals surface area contributed by atoms with Crippen LogP contribution in [0.3, 0.4) is 0 Å². The highest BCUT2D eigenvalue weighted by atomic mass is 35.5. The van der Waals surface area contributed by atoms with Crippen LogP contribution in [0, 0.1) is 5.82 Å². The maximum absolute atomic E-state index is 14.7. The zero-order valence-electron chi connectivity index (χ0n) is 18.5. The van der Waals surface area contributed by atoms with E-state index in [1.165, 1.54) is 0 Å². The Morgan fingerprint density at radius 3 is 2.64 bits per heavy atom. The van der Waals surface area contributed by atoms with Crippen molar-refractivity contribution < 1.29 is 40.2 Å². The van der Waals surface area contributed by atoms with Gasteiger partial charge in [0, 0.05) is 23.9 Å². The van der Waals surface area contributed by atoms with Crippen molar-refractivity contribution in [2.24, 2.45) is 0 Å². The van der Waals surface area contributed by atoms with Gasteiger partial charge in [0.25, 0.3) is 11.8 Å². The van der Waals surface area contributed by atoms with Gasteiger partial charge in [0.15, 0.2) is 29.6 Å². The average Bonchev–Trinajstić information content (AvgIpc) is 3.21. The number of hydrogen-bond donors (Lipinski definition) is 1. The molecular weight excluding hydrogens is 534 g/mol. The summed E-state index contributed by atoms with van der Waals surface area (Å²) in [6, 6.07) is 1.93. The highest BCUT2D eigenvalue weighted by Gasteiger charge is 2.35. The Labute approximate surface area is 206 Å².